The number of carbonyl (C=O) groups is 2. The van der Waals surface area contributed by atoms with E-state index in [0.717, 1.165) is 38.5 Å². The van der Waals surface area contributed by atoms with Gasteiger partial charge in [-0.25, -0.2) is 4.98 Å². The predicted molar refractivity (Wildman–Crippen MR) is 112 cm³/mol. The van der Waals surface area contributed by atoms with Crippen LogP contribution in [0.3, 0.4) is 0 Å². The van der Waals surface area contributed by atoms with Gasteiger partial charge in [0.2, 0.25) is 17.3 Å². The lowest BCUT2D eigenvalue weighted by Gasteiger charge is -2.35. The fraction of sp³-hybridized carbons (Fsp3) is 0.318. The maximum atomic E-state index is 12.9. The van der Waals surface area contributed by atoms with Crippen molar-refractivity contribution < 1.29 is 14.5 Å². The van der Waals surface area contributed by atoms with Crippen LogP contribution in [-0.4, -0.2) is 64.0 Å². The zero-order chi connectivity index (χ0) is 21.4. The summed E-state index contributed by atoms with van der Waals surface area (Å²) in [5, 5.41) is 16.2. The summed E-state index contributed by atoms with van der Waals surface area (Å²) in [5.74, 6) is 0.290. The van der Waals surface area contributed by atoms with Crippen molar-refractivity contribution in [3.63, 3.8) is 0 Å². The Kier molecular flexibility index (Phi) is 4.95. The highest BCUT2D eigenvalue weighted by atomic mass is 16.5. The van der Waals surface area contributed by atoms with Crippen molar-refractivity contribution in [1.29, 1.82) is 0 Å². The third-order valence-corrected chi connectivity index (χ3v) is 5.91. The first-order valence-electron chi connectivity index (χ1n) is 10.4. The molecule has 3 aromatic rings. The molecule has 3 heterocycles. The summed E-state index contributed by atoms with van der Waals surface area (Å²) >= 11 is 0. The number of anilines is 1. The maximum absolute atomic E-state index is 12.9. The number of carbonyl (C=O) groups excluding carboxylic acids is 2. The maximum Gasteiger partial charge on any atom is 0.220 e. The van der Waals surface area contributed by atoms with Gasteiger partial charge in [0.1, 0.15) is 5.82 Å². The summed E-state index contributed by atoms with van der Waals surface area (Å²) < 4.78 is 1.29. The summed E-state index contributed by atoms with van der Waals surface area (Å²) in [6, 6.07) is 12.5. The summed E-state index contributed by atoms with van der Waals surface area (Å²) in [5.41, 5.74) is 0.671. The van der Waals surface area contributed by atoms with Crippen molar-refractivity contribution in [3.05, 3.63) is 76.4 Å². The minimum absolute atomic E-state index is 0.0531. The van der Waals surface area contributed by atoms with Gasteiger partial charge in [-0.3, -0.25) is 14.5 Å². The molecule has 0 bridgehead atoms. The highest BCUT2D eigenvalue weighted by Gasteiger charge is 2.39. The normalized spacial score (nSPS) is 16.3. The van der Waals surface area contributed by atoms with E-state index in [0.29, 0.717) is 29.1 Å². The molecule has 0 saturated carbocycles. The lowest BCUT2D eigenvalue weighted by molar-refractivity contribution is -0.749. The summed E-state index contributed by atoms with van der Waals surface area (Å²) in [6.07, 6.45) is 2.48. The summed E-state index contributed by atoms with van der Waals surface area (Å²) in [4.78, 5) is 35.0. The molecule has 31 heavy (non-hydrogen) atoms. The molecule has 1 fully saturated rings. The Morgan fingerprint density at radius 1 is 0.903 bits per heavy atom. The number of aromatic nitrogens is 4. The van der Waals surface area contributed by atoms with E-state index < -0.39 is 0 Å². The number of rotatable bonds is 5. The Hall–Kier alpha value is -3.59. The van der Waals surface area contributed by atoms with E-state index in [9.17, 15) is 14.8 Å². The molecule has 9 heteroatoms. The number of fused-ring (bicyclic) bond motifs is 2. The van der Waals surface area contributed by atoms with Crippen LogP contribution in [0.2, 0.25) is 0 Å². The molecule has 1 aromatic carbocycles. The second-order valence-corrected chi connectivity index (χ2v) is 7.75. The Labute approximate surface area is 179 Å². The lowest BCUT2D eigenvalue weighted by atomic mass is 9.90. The van der Waals surface area contributed by atoms with Crippen molar-refractivity contribution in [2.45, 2.75) is 13.0 Å². The number of nitrogens with zero attached hydrogens (tertiary/aromatic N) is 6. The van der Waals surface area contributed by atoms with Crippen LogP contribution in [0.25, 0.3) is 0 Å². The zero-order valence-electron chi connectivity index (χ0n) is 17.0. The quantitative estimate of drug-likeness (QED) is 0.351. The number of hydrogen-bond acceptors (Lipinski definition) is 7. The van der Waals surface area contributed by atoms with Gasteiger partial charge in [-0.2, -0.15) is 0 Å². The van der Waals surface area contributed by atoms with E-state index in [1.807, 2.05) is 18.2 Å². The molecule has 0 amide bonds. The molecule has 0 N–H and O–H groups in total. The Morgan fingerprint density at radius 2 is 1.61 bits per heavy atom. The average Bonchev–Trinajstić information content (AvgIpc) is 3.15. The third-order valence-electron chi connectivity index (χ3n) is 5.91. The van der Waals surface area contributed by atoms with Crippen LogP contribution in [0.1, 0.15) is 38.5 Å². The van der Waals surface area contributed by atoms with Gasteiger partial charge in [0.05, 0.1) is 6.54 Å². The highest BCUT2D eigenvalue weighted by molar-refractivity contribution is 6.26. The van der Waals surface area contributed by atoms with Crippen LogP contribution in [-0.2, 0) is 6.54 Å². The number of hydrogen-bond donors (Lipinski definition) is 0. The van der Waals surface area contributed by atoms with E-state index >= 15 is 0 Å². The van der Waals surface area contributed by atoms with E-state index in [1.165, 1.54) is 4.68 Å². The van der Waals surface area contributed by atoms with E-state index in [1.54, 1.807) is 30.5 Å². The topological polar surface area (TPSA) is 98.3 Å². The SMILES string of the molecule is O=C1c2ccccc2C(=O)c2c1n[n+]([O-])n2CCCN1CCN(c2ccccn2)CC1. The molecule has 5 rings (SSSR count). The van der Waals surface area contributed by atoms with Gasteiger partial charge in [0, 0.05) is 60.1 Å². The highest BCUT2D eigenvalue weighted by Crippen LogP contribution is 2.25. The molecular weight excluding hydrogens is 396 g/mol. The molecule has 0 atom stereocenters. The van der Waals surface area contributed by atoms with Gasteiger partial charge in [-0.15, -0.1) is 4.68 Å². The molecule has 158 valence electrons. The molecule has 0 unspecified atom stereocenters. The summed E-state index contributed by atoms with van der Waals surface area (Å²) in [7, 11) is 0. The monoisotopic (exact) mass is 418 g/mol. The van der Waals surface area contributed by atoms with Gasteiger partial charge in [0.25, 0.3) is 0 Å². The molecule has 1 saturated heterocycles. The number of pyridine rings is 1. The first-order chi connectivity index (χ1) is 15.1. The standard InChI is InChI=1S/C22H22N6O3/c29-21-16-6-1-2-7-17(16)22(30)20-19(21)24-28(31)27(20)11-5-10-25-12-14-26(15-13-25)18-8-3-4-9-23-18/h1-4,6-9H,5,10-15H2. The second kappa shape index (κ2) is 7.92. The van der Waals surface area contributed by atoms with Crippen molar-refractivity contribution in [1.82, 2.24) is 19.7 Å². The minimum atomic E-state index is -0.376. The van der Waals surface area contributed by atoms with Crippen LogP contribution < -0.4 is 9.86 Å². The van der Waals surface area contributed by atoms with Gasteiger partial charge < -0.3 is 10.1 Å². The van der Waals surface area contributed by atoms with Crippen LogP contribution in [0.15, 0.2) is 48.7 Å². The van der Waals surface area contributed by atoms with E-state index in [4.69, 9.17) is 0 Å². The fourth-order valence-electron chi connectivity index (χ4n) is 4.29. The molecule has 9 nitrogen and oxygen atoms in total. The first kappa shape index (κ1) is 19.4. The van der Waals surface area contributed by atoms with Crippen molar-refractivity contribution in [2.75, 3.05) is 37.6 Å². The average molecular weight is 418 g/mol. The van der Waals surface area contributed by atoms with Gasteiger partial charge in [0.15, 0.2) is 5.69 Å². The van der Waals surface area contributed by atoms with Crippen molar-refractivity contribution >= 4 is 17.4 Å². The zero-order valence-corrected chi connectivity index (χ0v) is 17.0. The van der Waals surface area contributed by atoms with Gasteiger partial charge >= 0.3 is 0 Å². The number of ketones is 2. The Bertz CT molecular complexity index is 1140. The van der Waals surface area contributed by atoms with Crippen LogP contribution in [0, 0.1) is 5.21 Å². The van der Waals surface area contributed by atoms with E-state index in [-0.39, 0.29) is 23.0 Å². The van der Waals surface area contributed by atoms with Crippen LogP contribution in [0.5, 0.6) is 0 Å². The van der Waals surface area contributed by atoms with Crippen molar-refractivity contribution in [2.24, 2.45) is 0 Å². The van der Waals surface area contributed by atoms with Crippen molar-refractivity contribution in [3.8, 4) is 0 Å². The fourth-order valence-corrected chi connectivity index (χ4v) is 4.29. The minimum Gasteiger partial charge on any atom is -0.571 e. The van der Waals surface area contributed by atoms with Gasteiger partial charge in [-0.05, 0) is 18.6 Å². The van der Waals surface area contributed by atoms with E-state index in [2.05, 4.69) is 19.9 Å². The third kappa shape index (κ3) is 3.46. The molecule has 2 aliphatic rings. The first-order valence-corrected chi connectivity index (χ1v) is 10.4. The number of benzene rings is 1. The molecular formula is C22H22N6O3. The van der Waals surface area contributed by atoms with Gasteiger partial charge in [-0.1, -0.05) is 30.3 Å². The molecule has 0 spiro atoms. The Balaban J connectivity index is 1.23. The molecule has 2 aromatic heterocycles. The van der Waals surface area contributed by atoms with Crippen LogP contribution >= 0.6 is 0 Å². The largest absolute Gasteiger partial charge is 0.571 e. The second-order valence-electron chi connectivity index (χ2n) is 7.75. The summed E-state index contributed by atoms with van der Waals surface area (Å²) in [6.45, 7) is 4.71. The smallest absolute Gasteiger partial charge is 0.220 e. The molecule has 1 aliphatic carbocycles. The van der Waals surface area contributed by atoms with Crippen LogP contribution in [0.4, 0.5) is 5.82 Å². The molecule has 1 aliphatic heterocycles. The molecule has 0 radical (unpaired) electrons. The number of piperazine rings is 1. The predicted octanol–water partition coefficient (Wildman–Crippen LogP) is 0.899. The lowest BCUT2D eigenvalue weighted by Crippen LogP contribution is -2.47. The Morgan fingerprint density at radius 3 is 2.32 bits per heavy atom.